The molecule has 138 valence electrons. The lowest BCUT2D eigenvalue weighted by Gasteiger charge is -2.22. The average molecular weight is 351 g/mol. The number of nitrogens with one attached hydrogen (secondary N) is 3. The zero-order chi connectivity index (χ0) is 18.2. The van der Waals surface area contributed by atoms with E-state index in [1.165, 1.54) is 12.6 Å². The van der Waals surface area contributed by atoms with Crippen molar-refractivity contribution in [3.05, 3.63) is 28.1 Å². The third-order valence-electron chi connectivity index (χ3n) is 4.04. The topological polar surface area (TPSA) is 113 Å². The summed E-state index contributed by atoms with van der Waals surface area (Å²) in [5.74, 6) is -1.32. The van der Waals surface area contributed by atoms with Crippen LogP contribution in [0.15, 0.2) is 11.0 Å². The van der Waals surface area contributed by atoms with Crippen LogP contribution < -0.4 is 11.0 Å². The van der Waals surface area contributed by atoms with Gasteiger partial charge in [0.25, 0.3) is 0 Å². The van der Waals surface area contributed by atoms with Gasteiger partial charge in [0.15, 0.2) is 5.69 Å². The summed E-state index contributed by atoms with van der Waals surface area (Å²) in [6, 6.07) is 0.259. The number of esters is 2. The predicted molar refractivity (Wildman–Crippen MR) is 92.0 cm³/mol. The second-order valence-electron chi connectivity index (χ2n) is 5.83. The van der Waals surface area contributed by atoms with Crippen LogP contribution in [0.5, 0.6) is 0 Å². The number of aromatic amines is 2. The molecule has 8 nitrogen and oxygen atoms in total. The van der Waals surface area contributed by atoms with Crippen LogP contribution in [0.25, 0.3) is 5.57 Å². The van der Waals surface area contributed by atoms with Gasteiger partial charge in [0.2, 0.25) is 0 Å². The molecular formula is C17H25N3O5. The van der Waals surface area contributed by atoms with E-state index >= 15 is 0 Å². The highest BCUT2D eigenvalue weighted by Crippen LogP contribution is 2.20. The van der Waals surface area contributed by atoms with Crippen LogP contribution in [-0.2, 0) is 14.3 Å². The molecule has 0 spiro atoms. The van der Waals surface area contributed by atoms with Crippen LogP contribution in [0.2, 0.25) is 0 Å². The van der Waals surface area contributed by atoms with E-state index in [2.05, 4.69) is 15.3 Å². The smallest absolute Gasteiger partial charge is 0.357 e. The van der Waals surface area contributed by atoms with Crippen molar-refractivity contribution in [2.45, 2.75) is 52.0 Å². The van der Waals surface area contributed by atoms with Crippen LogP contribution in [0, 0.1) is 0 Å². The van der Waals surface area contributed by atoms with Gasteiger partial charge in [-0.2, -0.15) is 0 Å². The van der Waals surface area contributed by atoms with Gasteiger partial charge in [0, 0.05) is 12.2 Å². The molecule has 1 saturated carbocycles. The van der Waals surface area contributed by atoms with Gasteiger partial charge >= 0.3 is 17.6 Å². The molecule has 0 amide bonds. The van der Waals surface area contributed by atoms with E-state index < -0.39 is 17.6 Å². The van der Waals surface area contributed by atoms with E-state index in [0.717, 1.165) is 25.7 Å². The standard InChI is InChI=1S/C17H25N3O5/c1-3-24-15(21)12(10-18-11-8-6-5-7-9-11)13-14(16(22)25-4-2)20-17(23)19-13/h10-11,18H,3-9H2,1-2H3,(H2,19,20,23)/b12-10-. The maximum atomic E-state index is 12.3. The van der Waals surface area contributed by atoms with E-state index in [1.54, 1.807) is 13.8 Å². The summed E-state index contributed by atoms with van der Waals surface area (Å²) in [6.07, 6.45) is 7.03. The van der Waals surface area contributed by atoms with E-state index in [1.807, 2.05) is 0 Å². The summed E-state index contributed by atoms with van der Waals surface area (Å²) >= 11 is 0. The number of hydrogen-bond donors (Lipinski definition) is 3. The molecule has 1 fully saturated rings. The van der Waals surface area contributed by atoms with Gasteiger partial charge < -0.3 is 19.8 Å². The third-order valence-corrected chi connectivity index (χ3v) is 4.04. The van der Waals surface area contributed by atoms with Crippen LogP contribution in [0.4, 0.5) is 0 Å². The molecule has 1 aromatic rings. The fourth-order valence-electron chi connectivity index (χ4n) is 2.85. The molecular weight excluding hydrogens is 326 g/mol. The third kappa shape index (κ3) is 4.98. The zero-order valence-corrected chi connectivity index (χ0v) is 14.6. The van der Waals surface area contributed by atoms with Crippen molar-refractivity contribution >= 4 is 17.5 Å². The fourth-order valence-corrected chi connectivity index (χ4v) is 2.85. The largest absolute Gasteiger partial charge is 0.462 e. The number of carbonyl (C=O) groups excluding carboxylic acids is 2. The summed E-state index contributed by atoms with van der Waals surface area (Å²) in [5.41, 5.74) is -0.512. The molecule has 0 aliphatic heterocycles. The number of rotatable bonds is 7. The van der Waals surface area contributed by atoms with Crippen molar-refractivity contribution in [2.24, 2.45) is 0 Å². The second-order valence-corrected chi connectivity index (χ2v) is 5.83. The number of hydrogen-bond acceptors (Lipinski definition) is 6. The van der Waals surface area contributed by atoms with Crippen LogP contribution >= 0.6 is 0 Å². The maximum Gasteiger partial charge on any atom is 0.357 e. The highest BCUT2D eigenvalue weighted by Gasteiger charge is 2.25. The van der Waals surface area contributed by atoms with Gasteiger partial charge in [-0.3, -0.25) is 4.98 Å². The summed E-state index contributed by atoms with van der Waals surface area (Å²) in [4.78, 5) is 41.0. The van der Waals surface area contributed by atoms with Gasteiger partial charge in [-0.15, -0.1) is 0 Å². The molecule has 8 heteroatoms. The highest BCUT2D eigenvalue weighted by molar-refractivity contribution is 6.17. The molecule has 0 radical (unpaired) electrons. The first-order valence-corrected chi connectivity index (χ1v) is 8.69. The Balaban J connectivity index is 2.33. The zero-order valence-electron chi connectivity index (χ0n) is 14.6. The SMILES string of the molecule is CCOC(=O)/C(=C\NC1CCCCC1)c1[nH]c(=O)[nH]c1C(=O)OCC. The van der Waals surface area contributed by atoms with Crippen molar-refractivity contribution in [1.29, 1.82) is 0 Å². The summed E-state index contributed by atoms with van der Waals surface area (Å²) in [7, 11) is 0. The van der Waals surface area contributed by atoms with Gasteiger partial charge in [-0.25, -0.2) is 14.4 Å². The van der Waals surface area contributed by atoms with Crippen molar-refractivity contribution in [3.8, 4) is 0 Å². The molecule has 1 aliphatic rings. The molecule has 25 heavy (non-hydrogen) atoms. The van der Waals surface area contributed by atoms with Crippen molar-refractivity contribution in [1.82, 2.24) is 15.3 Å². The van der Waals surface area contributed by atoms with Gasteiger partial charge in [-0.1, -0.05) is 19.3 Å². The van der Waals surface area contributed by atoms with Gasteiger partial charge in [0.05, 0.1) is 18.9 Å². The molecule has 2 rings (SSSR count). The van der Waals surface area contributed by atoms with Crippen LogP contribution in [-0.4, -0.2) is 41.2 Å². The Morgan fingerprint density at radius 2 is 1.72 bits per heavy atom. The molecule has 0 bridgehead atoms. The lowest BCUT2D eigenvalue weighted by atomic mass is 9.95. The van der Waals surface area contributed by atoms with Crippen molar-refractivity contribution < 1.29 is 19.1 Å². The normalized spacial score (nSPS) is 15.7. The second kappa shape index (κ2) is 9.10. The Hall–Kier alpha value is -2.51. The quantitative estimate of drug-likeness (QED) is 0.509. The van der Waals surface area contributed by atoms with Gasteiger partial charge in [0.1, 0.15) is 5.57 Å². The molecule has 0 saturated heterocycles. The maximum absolute atomic E-state index is 12.3. The minimum atomic E-state index is -0.705. The Bertz CT molecular complexity index is 683. The molecule has 3 N–H and O–H groups in total. The first-order chi connectivity index (χ1) is 12.1. The number of carbonyl (C=O) groups is 2. The molecule has 1 aliphatic carbocycles. The first-order valence-electron chi connectivity index (χ1n) is 8.69. The Labute approximate surface area is 146 Å². The minimum Gasteiger partial charge on any atom is -0.462 e. The molecule has 0 unspecified atom stereocenters. The lowest BCUT2D eigenvalue weighted by Crippen LogP contribution is -2.27. The number of ether oxygens (including phenoxy) is 2. The molecule has 0 atom stereocenters. The van der Waals surface area contributed by atoms with E-state index in [4.69, 9.17) is 9.47 Å². The first kappa shape index (κ1) is 18.8. The van der Waals surface area contributed by atoms with E-state index in [0.29, 0.717) is 0 Å². The molecule has 1 aromatic heterocycles. The van der Waals surface area contributed by atoms with E-state index in [9.17, 15) is 14.4 Å². The summed E-state index contributed by atoms with van der Waals surface area (Å²) in [5, 5.41) is 3.22. The van der Waals surface area contributed by atoms with Crippen molar-refractivity contribution in [2.75, 3.05) is 13.2 Å². The lowest BCUT2D eigenvalue weighted by molar-refractivity contribution is -0.136. The average Bonchev–Trinajstić information content (AvgIpc) is 2.98. The number of aromatic nitrogens is 2. The van der Waals surface area contributed by atoms with Crippen LogP contribution in [0.3, 0.4) is 0 Å². The Morgan fingerprint density at radius 1 is 1.08 bits per heavy atom. The molecule has 1 heterocycles. The monoisotopic (exact) mass is 351 g/mol. The minimum absolute atomic E-state index is 0.0743. The number of H-pyrrole nitrogens is 2. The number of imidazole rings is 1. The molecule has 0 aromatic carbocycles. The van der Waals surface area contributed by atoms with E-state index in [-0.39, 0.29) is 36.2 Å². The fraction of sp³-hybridized carbons (Fsp3) is 0.588. The Morgan fingerprint density at radius 3 is 2.36 bits per heavy atom. The highest BCUT2D eigenvalue weighted by atomic mass is 16.5. The van der Waals surface area contributed by atoms with Crippen LogP contribution in [0.1, 0.15) is 62.1 Å². The summed E-state index contributed by atoms with van der Waals surface area (Å²) < 4.78 is 10.0. The van der Waals surface area contributed by atoms with Gasteiger partial charge in [-0.05, 0) is 26.7 Å². The Kier molecular flexibility index (Phi) is 6.85. The summed E-state index contributed by atoms with van der Waals surface area (Å²) in [6.45, 7) is 3.69. The predicted octanol–water partition coefficient (Wildman–Crippen LogP) is 1.71. The van der Waals surface area contributed by atoms with Crippen molar-refractivity contribution in [3.63, 3.8) is 0 Å².